The van der Waals surface area contributed by atoms with Crippen LogP contribution < -0.4 is 14.5 Å². The van der Waals surface area contributed by atoms with E-state index in [-0.39, 0.29) is 16.4 Å². The minimum atomic E-state index is -0.508. The van der Waals surface area contributed by atoms with Crippen LogP contribution in [0.3, 0.4) is 0 Å². The molecule has 0 atom stereocenters. The van der Waals surface area contributed by atoms with Gasteiger partial charge in [0, 0.05) is 12.5 Å². The number of carbonyl (C=O) groups excluding carboxylic acids is 3. The summed E-state index contributed by atoms with van der Waals surface area (Å²) in [7, 11) is 0. The number of amides is 3. The van der Waals surface area contributed by atoms with Crippen molar-refractivity contribution >= 4 is 63.0 Å². The Morgan fingerprint density at radius 1 is 1.07 bits per heavy atom. The monoisotopic (exact) mass is 424 g/mol. The first kappa shape index (κ1) is 19.4. The van der Waals surface area contributed by atoms with Crippen LogP contribution in [0.25, 0.3) is 5.57 Å². The molecule has 2 aromatic carbocycles. The van der Waals surface area contributed by atoms with Crippen LogP contribution >= 0.6 is 24.0 Å². The standard InChI is InChI=1S/C21H16N2O4S2/c1-3-27-14-10-8-13(9-11-14)23-20(26)18(29-21(23)28)17-15-6-4-5-7-16(15)22(12(2)24)19(17)25/h4-11H,3H2,1-2H3/b18-17+. The summed E-state index contributed by atoms with van der Waals surface area (Å²) in [5.41, 5.74) is 1.83. The summed E-state index contributed by atoms with van der Waals surface area (Å²) in [6.45, 7) is 3.76. The number of benzene rings is 2. The topological polar surface area (TPSA) is 66.9 Å². The van der Waals surface area contributed by atoms with E-state index in [1.165, 1.54) is 11.8 Å². The molecule has 2 aromatic rings. The molecule has 0 radical (unpaired) electrons. The second kappa shape index (κ2) is 7.46. The fraction of sp³-hybridized carbons (Fsp3) is 0.143. The Labute approximate surface area is 177 Å². The Balaban J connectivity index is 1.78. The number of hydrogen-bond donors (Lipinski definition) is 0. The van der Waals surface area contributed by atoms with Crippen LogP contribution in [0.4, 0.5) is 11.4 Å². The Hall–Kier alpha value is -2.97. The molecule has 8 heteroatoms. The smallest absolute Gasteiger partial charge is 0.271 e. The molecule has 1 saturated heterocycles. The van der Waals surface area contributed by atoms with Crippen LogP contribution in [0.5, 0.6) is 5.75 Å². The molecule has 0 saturated carbocycles. The van der Waals surface area contributed by atoms with Gasteiger partial charge in [0.1, 0.15) is 5.75 Å². The Morgan fingerprint density at radius 3 is 2.41 bits per heavy atom. The van der Waals surface area contributed by atoms with E-state index in [9.17, 15) is 14.4 Å². The zero-order chi connectivity index (χ0) is 20.7. The molecule has 0 bridgehead atoms. The average Bonchev–Trinajstić information content (AvgIpc) is 3.15. The van der Waals surface area contributed by atoms with Crippen molar-refractivity contribution in [2.75, 3.05) is 16.4 Å². The summed E-state index contributed by atoms with van der Waals surface area (Å²) in [5.74, 6) is -0.602. The molecule has 6 nitrogen and oxygen atoms in total. The maximum atomic E-state index is 13.2. The summed E-state index contributed by atoms with van der Waals surface area (Å²) < 4.78 is 5.76. The number of thiocarbonyl (C=S) groups is 1. The van der Waals surface area contributed by atoms with Crippen LogP contribution in [0.2, 0.25) is 0 Å². The fourth-order valence-electron chi connectivity index (χ4n) is 3.35. The maximum Gasteiger partial charge on any atom is 0.271 e. The van der Waals surface area contributed by atoms with Gasteiger partial charge in [-0.3, -0.25) is 19.3 Å². The molecule has 4 rings (SSSR count). The van der Waals surface area contributed by atoms with Crippen molar-refractivity contribution in [3.8, 4) is 5.75 Å². The SMILES string of the molecule is CCOc1ccc(N2C(=O)/C(=C3\C(=O)N(C(C)=O)c4ccccc43)SC2=S)cc1. The van der Waals surface area contributed by atoms with Crippen LogP contribution in [0.15, 0.2) is 53.4 Å². The first-order valence-electron chi connectivity index (χ1n) is 8.92. The quantitative estimate of drug-likeness (QED) is 0.552. The van der Waals surface area contributed by atoms with Crippen LogP contribution in [-0.2, 0) is 14.4 Å². The molecule has 2 aliphatic rings. The lowest BCUT2D eigenvalue weighted by Gasteiger charge is -2.15. The van der Waals surface area contributed by atoms with Gasteiger partial charge in [-0.2, -0.15) is 0 Å². The van der Waals surface area contributed by atoms with Gasteiger partial charge in [-0.1, -0.05) is 42.2 Å². The highest BCUT2D eigenvalue weighted by Crippen LogP contribution is 2.45. The van der Waals surface area contributed by atoms with Crippen molar-refractivity contribution in [2.45, 2.75) is 13.8 Å². The van der Waals surface area contributed by atoms with Crippen molar-refractivity contribution in [3.63, 3.8) is 0 Å². The molecule has 1 fully saturated rings. The summed E-state index contributed by atoms with van der Waals surface area (Å²) >= 11 is 6.49. The number of thioether (sulfide) groups is 1. The second-order valence-corrected chi connectivity index (χ2v) is 7.96. The predicted molar refractivity (Wildman–Crippen MR) is 117 cm³/mol. The van der Waals surface area contributed by atoms with E-state index >= 15 is 0 Å². The zero-order valence-electron chi connectivity index (χ0n) is 15.7. The molecule has 0 spiro atoms. The largest absolute Gasteiger partial charge is 0.494 e. The van der Waals surface area contributed by atoms with Gasteiger partial charge < -0.3 is 4.74 Å². The lowest BCUT2D eigenvalue weighted by Crippen LogP contribution is -2.32. The molecule has 29 heavy (non-hydrogen) atoms. The Morgan fingerprint density at radius 2 is 1.76 bits per heavy atom. The van der Waals surface area contributed by atoms with E-state index in [4.69, 9.17) is 17.0 Å². The van der Waals surface area contributed by atoms with Crippen LogP contribution in [-0.4, -0.2) is 28.6 Å². The van der Waals surface area contributed by atoms with E-state index in [0.717, 1.165) is 16.7 Å². The van der Waals surface area contributed by atoms with E-state index in [1.807, 2.05) is 6.92 Å². The number of rotatable bonds is 3. The van der Waals surface area contributed by atoms with Crippen LogP contribution in [0, 0.1) is 0 Å². The Bertz CT molecular complexity index is 1090. The molecule has 0 N–H and O–H groups in total. The molecule has 3 amide bonds. The second-order valence-electron chi connectivity index (χ2n) is 6.32. The summed E-state index contributed by atoms with van der Waals surface area (Å²) in [6, 6.07) is 13.9. The molecule has 0 aromatic heterocycles. The maximum absolute atomic E-state index is 13.2. The van der Waals surface area contributed by atoms with E-state index < -0.39 is 11.8 Å². The van der Waals surface area contributed by atoms with E-state index in [0.29, 0.717) is 33.6 Å². The molecule has 2 aliphatic heterocycles. The highest BCUT2D eigenvalue weighted by molar-refractivity contribution is 8.27. The van der Waals surface area contributed by atoms with Gasteiger partial charge in [-0.15, -0.1) is 0 Å². The number of fused-ring (bicyclic) bond motifs is 1. The van der Waals surface area contributed by atoms with Crippen molar-refractivity contribution in [1.29, 1.82) is 0 Å². The number of imide groups is 1. The highest BCUT2D eigenvalue weighted by atomic mass is 32.2. The van der Waals surface area contributed by atoms with Crippen LogP contribution in [0.1, 0.15) is 19.4 Å². The number of ether oxygens (including phenoxy) is 1. The number of hydrogen-bond acceptors (Lipinski definition) is 6. The van der Waals surface area contributed by atoms with E-state index in [1.54, 1.807) is 48.5 Å². The molecule has 2 heterocycles. The van der Waals surface area contributed by atoms with Gasteiger partial charge in [0.25, 0.3) is 11.8 Å². The minimum absolute atomic E-state index is 0.210. The molecule has 146 valence electrons. The highest BCUT2D eigenvalue weighted by Gasteiger charge is 2.43. The third kappa shape index (κ3) is 3.14. The Kier molecular flexibility index (Phi) is 4.97. The molecular weight excluding hydrogens is 408 g/mol. The summed E-state index contributed by atoms with van der Waals surface area (Å²) in [6.07, 6.45) is 0. The summed E-state index contributed by atoms with van der Waals surface area (Å²) in [5, 5.41) is 0. The third-order valence-electron chi connectivity index (χ3n) is 4.55. The number of nitrogens with zero attached hydrogens (tertiary/aromatic N) is 2. The third-order valence-corrected chi connectivity index (χ3v) is 5.92. The predicted octanol–water partition coefficient (Wildman–Crippen LogP) is 3.75. The van der Waals surface area contributed by atoms with Gasteiger partial charge in [0.2, 0.25) is 5.91 Å². The summed E-state index contributed by atoms with van der Waals surface area (Å²) in [4.78, 5) is 41.0. The van der Waals surface area contributed by atoms with Gasteiger partial charge >= 0.3 is 0 Å². The van der Waals surface area contributed by atoms with Crippen molar-refractivity contribution < 1.29 is 19.1 Å². The van der Waals surface area contributed by atoms with Gasteiger partial charge in [-0.05, 0) is 37.3 Å². The number of para-hydroxylation sites is 1. The normalized spacial score (nSPS) is 18.5. The molecule has 0 unspecified atom stereocenters. The van der Waals surface area contributed by atoms with Crippen molar-refractivity contribution in [3.05, 3.63) is 59.0 Å². The number of carbonyl (C=O) groups is 3. The van der Waals surface area contributed by atoms with Crippen molar-refractivity contribution in [1.82, 2.24) is 0 Å². The van der Waals surface area contributed by atoms with Gasteiger partial charge in [0.15, 0.2) is 4.32 Å². The van der Waals surface area contributed by atoms with E-state index in [2.05, 4.69) is 0 Å². The van der Waals surface area contributed by atoms with Gasteiger partial charge in [-0.25, -0.2) is 4.90 Å². The first-order valence-corrected chi connectivity index (χ1v) is 10.1. The number of anilines is 2. The van der Waals surface area contributed by atoms with Crippen molar-refractivity contribution in [2.24, 2.45) is 0 Å². The first-order chi connectivity index (χ1) is 13.9. The lowest BCUT2D eigenvalue weighted by molar-refractivity contribution is -0.122. The fourth-order valence-corrected chi connectivity index (χ4v) is 4.72. The van der Waals surface area contributed by atoms with Gasteiger partial charge in [0.05, 0.1) is 28.5 Å². The minimum Gasteiger partial charge on any atom is -0.494 e. The lowest BCUT2D eigenvalue weighted by atomic mass is 10.1. The molecule has 0 aliphatic carbocycles. The average molecular weight is 425 g/mol. The molecular formula is C21H16N2O4S2. The zero-order valence-corrected chi connectivity index (χ0v) is 17.3.